The van der Waals surface area contributed by atoms with Crippen LogP contribution in [0.3, 0.4) is 0 Å². The molecule has 2 rings (SSSR count). The van der Waals surface area contributed by atoms with Crippen LogP contribution in [0.2, 0.25) is 0 Å². The normalized spacial score (nSPS) is 11.6. The Morgan fingerprint density at radius 2 is 1.96 bits per heavy atom. The minimum atomic E-state index is -0.584. The SMILES string of the molecule is COc1ccc(CN(C(C)=O)[C@@H](C)C(=O)NCc2ccco2)cc1. The van der Waals surface area contributed by atoms with Gasteiger partial charge in [0.1, 0.15) is 17.6 Å². The van der Waals surface area contributed by atoms with Crippen molar-refractivity contribution in [2.45, 2.75) is 33.0 Å². The molecular formula is C18H22N2O4. The van der Waals surface area contributed by atoms with Gasteiger partial charge in [-0.15, -0.1) is 0 Å². The zero-order valence-corrected chi connectivity index (χ0v) is 14.1. The lowest BCUT2D eigenvalue weighted by molar-refractivity contribution is -0.139. The number of rotatable bonds is 7. The van der Waals surface area contributed by atoms with E-state index < -0.39 is 6.04 Å². The number of carbonyl (C=O) groups is 2. The van der Waals surface area contributed by atoms with Crippen LogP contribution in [0.5, 0.6) is 5.75 Å². The third-order valence-electron chi connectivity index (χ3n) is 3.78. The number of hydrogen-bond acceptors (Lipinski definition) is 4. The molecule has 1 atom stereocenters. The summed E-state index contributed by atoms with van der Waals surface area (Å²) in [7, 11) is 1.60. The Bertz CT molecular complexity index is 665. The van der Waals surface area contributed by atoms with E-state index >= 15 is 0 Å². The minimum Gasteiger partial charge on any atom is -0.497 e. The van der Waals surface area contributed by atoms with Crippen molar-refractivity contribution in [3.8, 4) is 5.75 Å². The van der Waals surface area contributed by atoms with E-state index in [-0.39, 0.29) is 11.8 Å². The molecule has 128 valence electrons. The smallest absolute Gasteiger partial charge is 0.242 e. The Kier molecular flexibility index (Phi) is 6.01. The van der Waals surface area contributed by atoms with E-state index in [2.05, 4.69) is 5.32 Å². The first-order valence-electron chi connectivity index (χ1n) is 7.71. The van der Waals surface area contributed by atoms with Crippen LogP contribution >= 0.6 is 0 Å². The summed E-state index contributed by atoms with van der Waals surface area (Å²) >= 11 is 0. The molecule has 2 aromatic rings. The molecule has 0 unspecified atom stereocenters. The van der Waals surface area contributed by atoms with Gasteiger partial charge in [-0.05, 0) is 36.8 Å². The minimum absolute atomic E-state index is 0.161. The lowest BCUT2D eigenvalue weighted by atomic mass is 10.1. The zero-order chi connectivity index (χ0) is 17.5. The highest BCUT2D eigenvalue weighted by Crippen LogP contribution is 2.15. The highest BCUT2D eigenvalue weighted by molar-refractivity contribution is 5.86. The van der Waals surface area contributed by atoms with Crippen LogP contribution in [0.1, 0.15) is 25.2 Å². The maximum Gasteiger partial charge on any atom is 0.242 e. The molecule has 0 aliphatic carbocycles. The second-order valence-electron chi connectivity index (χ2n) is 5.47. The molecule has 1 aromatic carbocycles. The van der Waals surface area contributed by atoms with Crippen molar-refractivity contribution in [2.75, 3.05) is 7.11 Å². The van der Waals surface area contributed by atoms with Crippen molar-refractivity contribution >= 4 is 11.8 Å². The summed E-state index contributed by atoms with van der Waals surface area (Å²) in [5.41, 5.74) is 0.927. The second-order valence-corrected chi connectivity index (χ2v) is 5.47. The second kappa shape index (κ2) is 8.19. The van der Waals surface area contributed by atoms with Gasteiger partial charge in [0.15, 0.2) is 0 Å². The van der Waals surface area contributed by atoms with Gasteiger partial charge in [-0.3, -0.25) is 9.59 Å². The molecule has 0 bridgehead atoms. The molecule has 1 heterocycles. The van der Waals surface area contributed by atoms with Crippen LogP contribution in [0, 0.1) is 0 Å². The highest BCUT2D eigenvalue weighted by Gasteiger charge is 2.23. The molecular weight excluding hydrogens is 308 g/mol. The fourth-order valence-electron chi connectivity index (χ4n) is 2.33. The van der Waals surface area contributed by atoms with E-state index in [4.69, 9.17) is 9.15 Å². The van der Waals surface area contributed by atoms with Crippen molar-refractivity contribution in [3.63, 3.8) is 0 Å². The quantitative estimate of drug-likeness (QED) is 0.846. The Hall–Kier alpha value is -2.76. The van der Waals surface area contributed by atoms with Gasteiger partial charge in [0.2, 0.25) is 11.8 Å². The molecule has 0 fully saturated rings. The molecule has 1 aromatic heterocycles. The Labute approximate surface area is 141 Å². The zero-order valence-electron chi connectivity index (χ0n) is 14.1. The van der Waals surface area contributed by atoms with Crippen molar-refractivity contribution in [1.82, 2.24) is 10.2 Å². The first-order chi connectivity index (χ1) is 11.5. The number of nitrogens with one attached hydrogen (secondary N) is 1. The molecule has 2 amide bonds. The van der Waals surface area contributed by atoms with Crippen molar-refractivity contribution in [3.05, 3.63) is 54.0 Å². The molecule has 1 N–H and O–H groups in total. The van der Waals surface area contributed by atoms with E-state index in [0.29, 0.717) is 18.8 Å². The molecule has 0 spiro atoms. The van der Waals surface area contributed by atoms with Gasteiger partial charge < -0.3 is 19.4 Å². The summed E-state index contributed by atoms with van der Waals surface area (Å²) in [4.78, 5) is 25.8. The van der Waals surface area contributed by atoms with Crippen LogP contribution in [-0.4, -0.2) is 29.9 Å². The lowest BCUT2D eigenvalue weighted by Gasteiger charge is -2.27. The summed E-state index contributed by atoms with van der Waals surface area (Å²) in [5.74, 6) is 1.03. The number of amides is 2. The van der Waals surface area contributed by atoms with E-state index in [9.17, 15) is 9.59 Å². The average Bonchev–Trinajstić information content (AvgIpc) is 3.10. The molecule has 0 aliphatic rings. The summed E-state index contributed by atoms with van der Waals surface area (Å²) in [6.07, 6.45) is 1.55. The van der Waals surface area contributed by atoms with Gasteiger partial charge >= 0.3 is 0 Å². The predicted octanol–water partition coefficient (Wildman–Crippen LogP) is 2.34. The van der Waals surface area contributed by atoms with E-state index in [1.54, 1.807) is 32.4 Å². The number of carbonyl (C=O) groups excluding carboxylic acids is 2. The summed E-state index contributed by atoms with van der Waals surface area (Å²) in [5, 5.41) is 2.78. The maximum atomic E-state index is 12.3. The Balaban J connectivity index is 1.99. The summed E-state index contributed by atoms with van der Waals surface area (Å²) in [6, 6.07) is 10.4. The van der Waals surface area contributed by atoms with Crippen molar-refractivity contribution < 1.29 is 18.7 Å². The van der Waals surface area contributed by atoms with Gasteiger partial charge in [0.25, 0.3) is 0 Å². The summed E-state index contributed by atoms with van der Waals surface area (Å²) in [6.45, 7) is 3.82. The number of hydrogen-bond donors (Lipinski definition) is 1. The van der Waals surface area contributed by atoms with Crippen LogP contribution < -0.4 is 10.1 Å². The summed E-state index contributed by atoms with van der Waals surface area (Å²) < 4.78 is 10.3. The fourth-order valence-corrected chi connectivity index (χ4v) is 2.33. The highest BCUT2D eigenvalue weighted by atomic mass is 16.5. The van der Waals surface area contributed by atoms with Gasteiger partial charge in [-0.2, -0.15) is 0 Å². The predicted molar refractivity (Wildman–Crippen MR) is 89.2 cm³/mol. The van der Waals surface area contributed by atoms with Gasteiger partial charge in [0.05, 0.1) is 19.9 Å². The molecule has 0 radical (unpaired) electrons. The number of ether oxygens (including phenoxy) is 1. The van der Waals surface area contributed by atoms with Crippen LogP contribution in [-0.2, 0) is 22.7 Å². The number of methoxy groups -OCH3 is 1. The first-order valence-corrected chi connectivity index (χ1v) is 7.71. The third kappa shape index (κ3) is 4.62. The Morgan fingerprint density at radius 3 is 2.50 bits per heavy atom. The molecule has 0 saturated heterocycles. The van der Waals surface area contributed by atoms with Gasteiger partial charge in [0, 0.05) is 13.5 Å². The Morgan fingerprint density at radius 1 is 1.25 bits per heavy atom. The van der Waals surface area contributed by atoms with E-state index in [1.165, 1.54) is 11.8 Å². The fraction of sp³-hybridized carbons (Fsp3) is 0.333. The molecule has 0 saturated carbocycles. The molecule has 24 heavy (non-hydrogen) atoms. The number of nitrogens with zero attached hydrogens (tertiary/aromatic N) is 1. The lowest BCUT2D eigenvalue weighted by Crippen LogP contribution is -2.46. The van der Waals surface area contributed by atoms with Crippen LogP contribution in [0.4, 0.5) is 0 Å². The first kappa shape index (κ1) is 17.6. The standard InChI is InChI=1S/C18H22N2O4/c1-13(18(22)19-11-17-5-4-10-24-17)20(14(2)21)12-15-6-8-16(23-3)9-7-15/h4-10,13H,11-12H2,1-3H3,(H,19,22)/t13-/m0/s1. The average molecular weight is 330 g/mol. The monoisotopic (exact) mass is 330 g/mol. The van der Waals surface area contributed by atoms with Crippen LogP contribution in [0.15, 0.2) is 47.1 Å². The van der Waals surface area contributed by atoms with E-state index in [1.807, 2.05) is 24.3 Å². The van der Waals surface area contributed by atoms with Crippen molar-refractivity contribution in [1.29, 1.82) is 0 Å². The van der Waals surface area contributed by atoms with Gasteiger partial charge in [-0.1, -0.05) is 12.1 Å². The number of furan rings is 1. The van der Waals surface area contributed by atoms with E-state index in [0.717, 1.165) is 11.3 Å². The molecule has 6 nitrogen and oxygen atoms in total. The largest absolute Gasteiger partial charge is 0.497 e. The van der Waals surface area contributed by atoms with Crippen LogP contribution in [0.25, 0.3) is 0 Å². The van der Waals surface area contributed by atoms with Crippen molar-refractivity contribution in [2.24, 2.45) is 0 Å². The van der Waals surface area contributed by atoms with Gasteiger partial charge in [-0.25, -0.2) is 0 Å². The molecule has 6 heteroatoms. The topological polar surface area (TPSA) is 71.8 Å². The maximum absolute atomic E-state index is 12.3. The third-order valence-corrected chi connectivity index (χ3v) is 3.78. The molecule has 0 aliphatic heterocycles. The number of benzene rings is 1.